The van der Waals surface area contributed by atoms with Crippen LogP contribution in [-0.2, 0) is 13.1 Å². The predicted octanol–water partition coefficient (Wildman–Crippen LogP) is 4.04. The van der Waals surface area contributed by atoms with Crippen LogP contribution >= 0.6 is 0 Å². The topological polar surface area (TPSA) is 26.2 Å². The van der Waals surface area contributed by atoms with Gasteiger partial charge in [0, 0.05) is 24.3 Å². The minimum Gasteiger partial charge on any atom is -0.496 e. The molecule has 0 bridgehead atoms. The molecule has 0 fully saturated rings. The van der Waals surface area contributed by atoms with Crippen LogP contribution in [0.5, 0.6) is 11.5 Å². The first kappa shape index (κ1) is 19.6. The minimum absolute atomic E-state index is 0.776. The first-order valence-corrected chi connectivity index (χ1v) is 9.99. The molecule has 4 rings (SSSR count). The normalized spacial score (nSPS) is 10.6. The molecule has 0 saturated carbocycles. The van der Waals surface area contributed by atoms with Crippen LogP contribution in [0, 0.1) is 0 Å². The highest BCUT2D eigenvalue weighted by Crippen LogP contribution is 2.19. The first-order valence-electron chi connectivity index (χ1n) is 9.99. The Morgan fingerprint density at radius 2 is 0.900 bits per heavy atom. The van der Waals surface area contributed by atoms with E-state index >= 15 is 0 Å². The zero-order chi connectivity index (χ0) is 20.8. The molecule has 0 N–H and O–H groups in total. The summed E-state index contributed by atoms with van der Waals surface area (Å²) in [4.78, 5) is 0. The third-order valence-electron chi connectivity index (χ3n) is 5.21. The monoisotopic (exact) mass is 398 g/mol. The Morgan fingerprint density at radius 3 is 1.27 bits per heavy atom. The van der Waals surface area contributed by atoms with Gasteiger partial charge < -0.3 is 9.47 Å². The number of pyridine rings is 2. The van der Waals surface area contributed by atoms with E-state index < -0.39 is 0 Å². The molecule has 4 nitrogen and oxygen atoms in total. The number of methoxy groups -OCH3 is 2. The van der Waals surface area contributed by atoms with E-state index in [0.717, 1.165) is 35.7 Å². The molecule has 0 aliphatic rings. The van der Waals surface area contributed by atoms with Gasteiger partial charge in [0.1, 0.15) is 11.5 Å². The van der Waals surface area contributed by atoms with Crippen molar-refractivity contribution >= 4 is 0 Å². The standard InChI is InChI=1S/C26H26N2O2/c1-29-25-9-5-3-7-23(25)19-27-15-11-21(12-16-27)22-13-17-28(18-14-22)20-24-8-4-6-10-26(24)30-2/h3-18H,19-20H2,1-2H3/q+2. The van der Waals surface area contributed by atoms with Crippen LogP contribution in [0.2, 0.25) is 0 Å². The lowest BCUT2D eigenvalue weighted by Crippen LogP contribution is -2.33. The van der Waals surface area contributed by atoms with Gasteiger partial charge in [0.25, 0.3) is 0 Å². The molecule has 0 amide bonds. The van der Waals surface area contributed by atoms with Gasteiger partial charge >= 0.3 is 0 Å². The SMILES string of the molecule is COc1ccccc1C[n+]1ccc(-c2cc[n+](Cc3ccccc3OC)cc2)cc1. The second-order valence-electron chi connectivity index (χ2n) is 7.14. The number of rotatable bonds is 7. The average molecular weight is 399 g/mol. The Labute approximate surface area is 177 Å². The van der Waals surface area contributed by atoms with Crippen LogP contribution in [0.3, 0.4) is 0 Å². The maximum absolute atomic E-state index is 5.46. The lowest BCUT2D eigenvalue weighted by Gasteiger charge is -2.06. The van der Waals surface area contributed by atoms with Crippen molar-refractivity contribution in [2.45, 2.75) is 13.1 Å². The highest BCUT2D eigenvalue weighted by molar-refractivity contribution is 5.61. The van der Waals surface area contributed by atoms with E-state index in [1.807, 2.05) is 36.4 Å². The van der Waals surface area contributed by atoms with Crippen molar-refractivity contribution in [1.82, 2.24) is 0 Å². The lowest BCUT2D eigenvalue weighted by atomic mass is 10.1. The summed E-state index contributed by atoms with van der Waals surface area (Å²) in [6.45, 7) is 1.55. The van der Waals surface area contributed by atoms with Crippen molar-refractivity contribution in [2.24, 2.45) is 0 Å². The van der Waals surface area contributed by atoms with Crippen LogP contribution in [-0.4, -0.2) is 14.2 Å². The summed E-state index contributed by atoms with van der Waals surface area (Å²) in [6.07, 6.45) is 8.44. The van der Waals surface area contributed by atoms with Crippen LogP contribution < -0.4 is 18.6 Å². The second kappa shape index (κ2) is 9.23. The molecule has 2 heterocycles. The molecule has 0 aliphatic carbocycles. The molecule has 0 aliphatic heterocycles. The molecule has 0 spiro atoms. The molecule has 0 atom stereocenters. The van der Waals surface area contributed by atoms with Gasteiger partial charge in [-0.15, -0.1) is 0 Å². The fourth-order valence-corrected chi connectivity index (χ4v) is 3.57. The zero-order valence-electron chi connectivity index (χ0n) is 17.4. The molecule has 150 valence electrons. The number of para-hydroxylation sites is 2. The second-order valence-corrected chi connectivity index (χ2v) is 7.14. The van der Waals surface area contributed by atoms with E-state index in [9.17, 15) is 0 Å². The van der Waals surface area contributed by atoms with E-state index in [2.05, 4.69) is 70.3 Å². The van der Waals surface area contributed by atoms with Crippen LogP contribution in [0.4, 0.5) is 0 Å². The summed E-state index contributed by atoms with van der Waals surface area (Å²) in [5, 5.41) is 0. The third-order valence-corrected chi connectivity index (χ3v) is 5.21. The van der Waals surface area contributed by atoms with E-state index in [1.54, 1.807) is 14.2 Å². The van der Waals surface area contributed by atoms with Gasteiger partial charge in [-0.2, -0.15) is 0 Å². The Morgan fingerprint density at radius 1 is 0.533 bits per heavy atom. The molecule has 2 aromatic carbocycles. The molecular formula is C26H26N2O2+2. The molecule has 4 aromatic rings. The summed E-state index contributed by atoms with van der Waals surface area (Å²) >= 11 is 0. The van der Waals surface area contributed by atoms with Gasteiger partial charge in [0.15, 0.2) is 37.9 Å². The summed E-state index contributed by atoms with van der Waals surface area (Å²) in [6, 6.07) is 24.8. The Balaban J connectivity index is 1.47. The maximum atomic E-state index is 5.46. The van der Waals surface area contributed by atoms with Gasteiger partial charge in [-0.25, -0.2) is 9.13 Å². The Bertz CT molecular complexity index is 1020. The molecule has 2 aromatic heterocycles. The van der Waals surface area contributed by atoms with Crippen molar-refractivity contribution in [2.75, 3.05) is 14.2 Å². The van der Waals surface area contributed by atoms with E-state index in [4.69, 9.17) is 9.47 Å². The maximum Gasteiger partial charge on any atom is 0.177 e. The number of hydrogen-bond acceptors (Lipinski definition) is 2. The Hall–Kier alpha value is -3.66. The number of aromatic nitrogens is 2. The van der Waals surface area contributed by atoms with Crippen LogP contribution in [0.15, 0.2) is 97.6 Å². The zero-order valence-corrected chi connectivity index (χ0v) is 17.4. The van der Waals surface area contributed by atoms with Gasteiger partial charge in [-0.3, -0.25) is 0 Å². The number of nitrogens with zero attached hydrogens (tertiary/aromatic N) is 2. The molecular weight excluding hydrogens is 372 g/mol. The van der Waals surface area contributed by atoms with E-state index in [0.29, 0.717) is 0 Å². The number of benzene rings is 2. The van der Waals surface area contributed by atoms with Gasteiger partial charge in [-0.05, 0) is 35.4 Å². The molecule has 30 heavy (non-hydrogen) atoms. The van der Waals surface area contributed by atoms with Crippen molar-refractivity contribution in [1.29, 1.82) is 0 Å². The predicted molar refractivity (Wildman–Crippen MR) is 116 cm³/mol. The van der Waals surface area contributed by atoms with Gasteiger partial charge in [0.2, 0.25) is 0 Å². The summed E-state index contributed by atoms with van der Waals surface area (Å²) in [5.41, 5.74) is 4.70. The summed E-state index contributed by atoms with van der Waals surface area (Å²) < 4.78 is 15.2. The molecule has 0 unspecified atom stereocenters. The highest BCUT2D eigenvalue weighted by Gasteiger charge is 2.11. The van der Waals surface area contributed by atoms with Crippen molar-refractivity contribution in [3.05, 3.63) is 109 Å². The van der Waals surface area contributed by atoms with Crippen molar-refractivity contribution < 1.29 is 18.6 Å². The summed E-state index contributed by atoms with van der Waals surface area (Å²) in [5.74, 6) is 1.83. The van der Waals surface area contributed by atoms with Crippen LogP contribution in [0.25, 0.3) is 11.1 Å². The number of ether oxygens (including phenoxy) is 2. The van der Waals surface area contributed by atoms with E-state index in [1.165, 1.54) is 11.1 Å². The molecule has 0 radical (unpaired) electrons. The third kappa shape index (κ3) is 4.49. The minimum atomic E-state index is 0.776. The van der Waals surface area contributed by atoms with Crippen LogP contribution in [0.1, 0.15) is 11.1 Å². The molecule has 4 heteroatoms. The van der Waals surface area contributed by atoms with Crippen molar-refractivity contribution in [3.8, 4) is 22.6 Å². The van der Waals surface area contributed by atoms with E-state index in [-0.39, 0.29) is 0 Å². The number of hydrogen-bond donors (Lipinski definition) is 0. The highest BCUT2D eigenvalue weighted by atomic mass is 16.5. The fraction of sp³-hybridized carbons (Fsp3) is 0.154. The lowest BCUT2D eigenvalue weighted by molar-refractivity contribution is -0.688. The Kier molecular flexibility index (Phi) is 6.04. The van der Waals surface area contributed by atoms with Gasteiger partial charge in [-0.1, -0.05) is 24.3 Å². The quantitative estimate of drug-likeness (QED) is 0.439. The first-order chi connectivity index (χ1) is 14.8. The fourth-order valence-electron chi connectivity index (χ4n) is 3.57. The summed E-state index contributed by atoms with van der Waals surface area (Å²) in [7, 11) is 3.42. The molecule has 0 saturated heterocycles. The largest absolute Gasteiger partial charge is 0.496 e. The smallest absolute Gasteiger partial charge is 0.177 e. The van der Waals surface area contributed by atoms with Gasteiger partial charge in [0.05, 0.1) is 25.3 Å². The average Bonchev–Trinajstić information content (AvgIpc) is 2.81. The van der Waals surface area contributed by atoms with Crippen molar-refractivity contribution in [3.63, 3.8) is 0 Å².